The highest BCUT2D eigenvalue weighted by atomic mass is 35.5. The number of rotatable bonds is 5. The summed E-state index contributed by atoms with van der Waals surface area (Å²) in [5, 5.41) is 4.17. The molecule has 0 unspecified atom stereocenters. The van der Waals surface area contributed by atoms with E-state index < -0.39 is 0 Å². The molecule has 1 saturated heterocycles. The highest BCUT2D eigenvalue weighted by molar-refractivity contribution is 6.30. The molecule has 2 aromatic rings. The Morgan fingerprint density at radius 2 is 1.69 bits per heavy atom. The molecule has 0 aliphatic carbocycles. The van der Waals surface area contributed by atoms with Gasteiger partial charge in [0.25, 0.3) is 0 Å². The number of anilines is 2. The first-order valence-electron chi connectivity index (χ1n) is 9.13. The van der Waals surface area contributed by atoms with Crippen LogP contribution in [0.1, 0.15) is 17.5 Å². The van der Waals surface area contributed by atoms with E-state index in [-0.39, 0.29) is 5.91 Å². The number of amides is 1. The summed E-state index contributed by atoms with van der Waals surface area (Å²) >= 11 is 6.07. The Bertz CT molecular complexity index is 749. The quantitative estimate of drug-likeness (QED) is 0.859. The topological polar surface area (TPSA) is 35.6 Å². The zero-order valence-corrected chi connectivity index (χ0v) is 16.2. The second-order valence-corrected chi connectivity index (χ2v) is 7.23. The van der Waals surface area contributed by atoms with Crippen LogP contribution in [-0.4, -0.2) is 43.5 Å². The molecule has 0 spiro atoms. The summed E-state index contributed by atoms with van der Waals surface area (Å²) in [6, 6.07) is 14.1. The number of para-hydroxylation sites is 1. The molecular formula is C21H26ClN3O. The predicted molar refractivity (Wildman–Crippen MR) is 109 cm³/mol. The van der Waals surface area contributed by atoms with Crippen molar-refractivity contribution in [2.45, 2.75) is 20.3 Å². The molecule has 0 radical (unpaired) electrons. The molecule has 5 heteroatoms. The van der Waals surface area contributed by atoms with E-state index in [0.717, 1.165) is 42.6 Å². The third kappa shape index (κ3) is 4.50. The molecule has 1 aliphatic rings. The maximum Gasteiger partial charge on any atom is 0.224 e. The molecule has 26 heavy (non-hydrogen) atoms. The first kappa shape index (κ1) is 18.6. The van der Waals surface area contributed by atoms with Gasteiger partial charge in [-0.15, -0.1) is 0 Å². The highest BCUT2D eigenvalue weighted by Crippen LogP contribution is 2.21. The minimum Gasteiger partial charge on any atom is -0.384 e. The lowest BCUT2D eigenvalue weighted by molar-refractivity contribution is -0.131. The average Bonchev–Trinajstić information content (AvgIpc) is 2.64. The van der Waals surface area contributed by atoms with Crippen molar-refractivity contribution in [3.8, 4) is 0 Å². The summed E-state index contributed by atoms with van der Waals surface area (Å²) in [5.74, 6) is 0.217. The summed E-state index contributed by atoms with van der Waals surface area (Å²) < 4.78 is 0. The number of hydrogen-bond donors (Lipinski definition) is 1. The van der Waals surface area contributed by atoms with E-state index in [1.807, 2.05) is 23.1 Å². The van der Waals surface area contributed by atoms with Crippen LogP contribution in [0.3, 0.4) is 0 Å². The first-order chi connectivity index (χ1) is 12.5. The molecular weight excluding hydrogens is 346 g/mol. The third-order valence-corrected chi connectivity index (χ3v) is 5.16. The van der Waals surface area contributed by atoms with Crippen LogP contribution in [0, 0.1) is 13.8 Å². The SMILES string of the molecule is Cc1cccc(C)c1NCCC(=O)N1CCN(c2cccc(Cl)c2)CC1. The van der Waals surface area contributed by atoms with E-state index in [9.17, 15) is 4.79 Å². The minimum absolute atomic E-state index is 0.217. The fraction of sp³-hybridized carbons (Fsp3) is 0.381. The Labute approximate surface area is 160 Å². The molecule has 1 N–H and O–H groups in total. The third-order valence-electron chi connectivity index (χ3n) is 4.93. The lowest BCUT2D eigenvalue weighted by Crippen LogP contribution is -2.49. The monoisotopic (exact) mass is 371 g/mol. The molecule has 1 amide bonds. The van der Waals surface area contributed by atoms with Gasteiger partial charge >= 0.3 is 0 Å². The predicted octanol–water partition coefficient (Wildman–Crippen LogP) is 4.11. The van der Waals surface area contributed by atoms with Crippen molar-refractivity contribution in [1.29, 1.82) is 0 Å². The molecule has 1 aliphatic heterocycles. The van der Waals surface area contributed by atoms with Crippen molar-refractivity contribution in [3.05, 3.63) is 58.6 Å². The van der Waals surface area contributed by atoms with Crippen molar-refractivity contribution in [2.75, 3.05) is 42.9 Å². The van der Waals surface area contributed by atoms with Gasteiger partial charge in [-0.1, -0.05) is 35.9 Å². The largest absolute Gasteiger partial charge is 0.384 e. The number of hydrogen-bond acceptors (Lipinski definition) is 3. The standard InChI is InChI=1S/C21H26ClN3O/c1-16-5-3-6-17(2)21(16)23-10-9-20(26)25-13-11-24(12-14-25)19-8-4-7-18(22)15-19/h3-8,15,23H,9-14H2,1-2H3. The van der Waals surface area contributed by atoms with Crippen LogP contribution in [0.15, 0.2) is 42.5 Å². The van der Waals surface area contributed by atoms with E-state index >= 15 is 0 Å². The molecule has 3 rings (SSSR count). The van der Waals surface area contributed by atoms with Crippen LogP contribution >= 0.6 is 11.6 Å². The van der Waals surface area contributed by atoms with Gasteiger partial charge in [-0.05, 0) is 43.2 Å². The second kappa shape index (κ2) is 8.45. The van der Waals surface area contributed by atoms with Gasteiger partial charge in [0, 0.05) is 55.5 Å². The smallest absolute Gasteiger partial charge is 0.224 e. The molecule has 1 heterocycles. The van der Waals surface area contributed by atoms with Gasteiger partial charge in [0.1, 0.15) is 0 Å². The number of nitrogens with one attached hydrogen (secondary N) is 1. The van der Waals surface area contributed by atoms with E-state index in [2.05, 4.69) is 48.3 Å². The number of aryl methyl sites for hydroxylation is 2. The van der Waals surface area contributed by atoms with Gasteiger partial charge in [-0.2, -0.15) is 0 Å². The Kier molecular flexibility index (Phi) is 6.04. The Hall–Kier alpha value is -2.20. The molecule has 0 bridgehead atoms. The van der Waals surface area contributed by atoms with Crippen LogP contribution in [0.25, 0.3) is 0 Å². The zero-order chi connectivity index (χ0) is 18.5. The first-order valence-corrected chi connectivity index (χ1v) is 9.51. The van der Waals surface area contributed by atoms with Gasteiger partial charge < -0.3 is 15.1 Å². The number of carbonyl (C=O) groups excluding carboxylic acids is 1. The Balaban J connectivity index is 1.47. The molecule has 1 fully saturated rings. The molecule has 138 valence electrons. The van der Waals surface area contributed by atoms with E-state index in [1.54, 1.807) is 0 Å². The lowest BCUT2D eigenvalue weighted by Gasteiger charge is -2.36. The minimum atomic E-state index is 0.217. The van der Waals surface area contributed by atoms with Crippen molar-refractivity contribution < 1.29 is 4.79 Å². The molecule has 0 saturated carbocycles. The van der Waals surface area contributed by atoms with Crippen LogP contribution in [-0.2, 0) is 4.79 Å². The number of nitrogens with zero attached hydrogens (tertiary/aromatic N) is 2. The zero-order valence-electron chi connectivity index (χ0n) is 15.5. The van der Waals surface area contributed by atoms with Crippen LogP contribution in [0.5, 0.6) is 0 Å². The summed E-state index contributed by atoms with van der Waals surface area (Å²) in [6.45, 7) is 8.05. The molecule has 2 aromatic carbocycles. The average molecular weight is 372 g/mol. The van der Waals surface area contributed by atoms with Crippen molar-refractivity contribution in [2.24, 2.45) is 0 Å². The van der Waals surface area contributed by atoms with E-state index in [1.165, 1.54) is 11.1 Å². The van der Waals surface area contributed by atoms with Crippen molar-refractivity contribution in [3.63, 3.8) is 0 Å². The fourth-order valence-corrected chi connectivity index (χ4v) is 3.62. The number of benzene rings is 2. The van der Waals surface area contributed by atoms with E-state index in [0.29, 0.717) is 13.0 Å². The molecule has 4 nitrogen and oxygen atoms in total. The van der Waals surface area contributed by atoms with Crippen LogP contribution in [0.2, 0.25) is 5.02 Å². The number of carbonyl (C=O) groups is 1. The van der Waals surface area contributed by atoms with E-state index in [4.69, 9.17) is 11.6 Å². The summed E-state index contributed by atoms with van der Waals surface area (Å²) in [6.07, 6.45) is 0.519. The normalized spacial score (nSPS) is 14.4. The van der Waals surface area contributed by atoms with Gasteiger partial charge in [0.2, 0.25) is 5.91 Å². The van der Waals surface area contributed by atoms with Gasteiger partial charge in [0.15, 0.2) is 0 Å². The van der Waals surface area contributed by atoms with Gasteiger partial charge in [0.05, 0.1) is 0 Å². The van der Waals surface area contributed by atoms with Gasteiger partial charge in [-0.3, -0.25) is 4.79 Å². The van der Waals surface area contributed by atoms with Crippen molar-refractivity contribution in [1.82, 2.24) is 4.90 Å². The summed E-state index contributed by atoms with van der Waals surface area (Å²) in [4.78, 5) is 16.7. The maximum atomic E-state index is 12.5. The lowest BCUT2D eigenvalue weighted by atomic mass is 10.1. The Morgan fingerprint density at radius 1 is 1.04 bits per heavy atom. The number of piperazine rings is 1. The number of halogens is 1. The second-order valence-electron chi connectivity index (χ2n) is 6.79. The Morgan fingerprint density at radius 3 is 2.35 bits per heavy atom. The van der Waals surface area contributed by atoms with Gasteiger partial charge in [-0.25, -0.2) is 0 Å². The summed E-state index contributed by atoms with van der Waals surface area (Å²) in [7, 11) is 0. The molecule has 0 aromatic heterocycles. The van der Waals surface area contributed by atoms with Crippen LogP contribution in [0.4, 0.5) is 11.4 Å². The fourth-order valence-electron chi connectivity index (χ4n) is 3.43. The molecule has 0 atom stereocenters. The summed E-state index contributed by atoms with van der Waals surface area (Å²) in [5.41, 5.74) is 4.70. The van der Waals surface area contributed by atoms with Crippen LogP contribution < -0.4 is 10.2 Å². The maximum absolute atomic E-state index is 12.5. The van der Waals surface area contributed by atoms with Crippen molar-refractivity contribution >= 4 is 28.9 Å². The highest BCUT2D eigenvalue weighted by Gasteiger charge is 2.21.